The Balaban J connectivity index is 2.13. The van der Waals surface area contributed by atoms with Gasteiger partial charge in [-0.15, -0.1) is 0 Å². The van der Waals surface area contributed by atoms with Crippen LogP contribution in [0.25, 0.3) is 0 Å². The fraction of sp³-hybridized carbons (Fsp3) is 0.611. The first-order valence-corrected chi connectivity index (χ1v) is 8.41. The van der Waals surface area contributed by atoms with Gasteiger partial charge in [0.2, 0.25) is 0 Å². The van der Waals surface area contributed by atoms with E-state index in [1.54, 1.807) is 6.07 Å². The number of anilines is 1. The molecular weight excluding hydrogens is 303 g/mol. The third kappa shape index (κ3) is 4.10. The SMILES string of the molecule is CC(C)OCCNc1cc(B2OC(C)(C)C(C)(C)O2)ccc1C#N. The van der Waals surface area contributed by atoms with Gasteiger partial charge in [-0.1, -0.05) is 6.07 Å². The maximum absolute atomic E-state index is 9.30. The topological polar surface area (TPSA) is 63.5 Å². The molecule has 1 N–H and O–H groups in total. The normalized spacial score (nSPS) is 18.7. The van der Waals surface area contributed by atoms with Gasteiger partial charge in [0.15, 0.2) is 0 Å². The summed E-state index contributed by atoms with van der Waals surface area (Å²) in [4.78, 5) is 0. The van der Waals surface area contributed by atoms with Crippen LogP contribution >= 0.6 is 0 Å². The molecule has 1 aromatic rings. The van der Waals surface area contributed by atoms with Crippen molar-refractivity contribution in [1.29, 1.82) is 5.26 Å². The molecule has 5 nitrogen and oxygen atoms in total. The molecule has 0 bridgehead atoms. The summed E-state index contributed by atoms with van der Waals surface area (Å²) in [5, 5.41) is 12.6. The standard InChI is InChI=1S/C18H27BN2O3/c1-13(2)22-10-9-21-16-11-15(8-7-14(16)12-20)19-23-17(3,4)18(5,6)24-19/h7-8,11,13,21H,9-10H2,1-6H3. The van der Waals surface area contributed by atoms with Crippen LogP contribution in [0.2, 0.25) is 0 Å². The molecule has 1 aliphatic rings. The molecular formula is C18H27BN2O3. The van der Waals surface area contributed by atoms with Crippen LogP contribution in [0.4, 0.5) is 5.69 Å². The summed E-state index contributed by atoms with van der Waals surface area (Å²) >= 11 is 0. The number of benzene rings is 1. The summed E-state index contributed by atoms with van der Waals surface area (Å²) in [6.45, 7) is 13.3. The number of ether oxygens (including phenoxy) is 1. The molecule has 1 aliphatic heterocycles. The lowest BCUT2D eigenvalue weighted by atomic mass is 9.78. The molecule has 1 heterocycles. The van der Waals surface area contributed by atoms with Gasteiger partial charge < -0.3 is 19.4 Å². The summed E-state index contributed by atoms with van der Waals surface area (Å²) in [7, 11) is -0.435. The molecule has 0 atom stereocenters. The molecule has 0 spiro atoms. The maximum Gasteiger partial charge on any atom is 0.494 e. The van der Waals surface area contributed by atoms with Gasteiger partial charge in [-0.25, -0.2) is 0 Å². The highest BCUT2D eigenvalue weighted by molar-refractivity contribution is 6.62. The minimum Gasteiger partial charge on any atom is -0.399 e. The summed E-state index contributed by atoms with van der Waals surface area (Å²) in [5.41, 5.74) is 1.51. The molecule has 0 saturated carbocycles. The Morgan fingerprint density at radius 1 is 1.21 bits per heavy atom. The minimum atomic E-state index is -0.435. The first kappa shape index (κ1) is 18.8. The van der Waals surface area contributed by atoms with Crippen LogP contribution in [0.3, 0.4) is 0 Å². The molecule has 6 heteroatoms. The molecule has 1 fully saturated rings. The molecule has 0 unspecified atom stereocenters. The van der Waals surface area contributed by atoms with Crippen LogP contribution in [0.15, 0.2) is 18.2 Å². The molecule has 0 radical (unpaired) electrons. The molecule has 130 valence electrons. The van der Waals surface area contributed by atoms with Gasteiger partial charge in [0.1, 0.15) is 6.07 Å². The van der Waals surface area contributed by atoms with Crippen LogP contribution < -0.4 is 10.8 Å². The molecule has 1 saturated heterocycles. The third-order valence-corrected chi connectivity index (χ3v) is 4.56. The number of nitrogens with one attached hydrogen (secondary N) is 1. The zero-order valence-electron chi connectivity index (χ0n) is 15.5. The Hall–Kier alpha value is -1.55. The number of nitrogens with zero attached hydrogens (tertiary/aromatic N) is 1. The Morgan fingerprint density at radius 2 is 1.83 bits per heavy atom. The van der Waals surface area contributed by atoms with E-state index in [1.807, 2.05) is 53.7 Å². The van der Waals surface area contributed by atoms with Gasteiger partial charge in [-0.3, -0.25) is 0 Å². The lowest BCUT2D eigenvalue weighted by molar-refractivity contribution is 0.00578. The van der Waals surface area contributed by atoms with Crippen molar-refractivity contribution in [2.24, 2.45) is 0 Å². The monoisotopic (exact) mass is 330 g/mol. The van der Waals surface area contributed by atoms with Gasteiger partial charge in [0.05, 0.1) is 35.2 Å². The number of hydrogen-bond donors (Lipinski definition) is 1. The van der Waals surface area contributed by atoms with Crippen LogP contribution in [0.5, 0.6) is 0 Å². The number of rotatable bonds is 6. The smallest absolute Gasteiger partial charge is 0.399 e. The van der Waals surface area contributed by atoms with E-state index in [0.29, 0.717) is 18.7 Å². The Kier molecular flexibility index (Phi) is 5.59. The summed E-state index contributed by atoms with van der Waals surface area (Å²) in [5.74, 6) is 0. The fourth-order valence-electron chi connectivity index (χ4n) is 2.41. The van der Waals surface area contributed by atoms with Gasteiger partial charge in [0, 0.05) is 6.54 Å². The van der Waals surface area contributed by atoms with Crippen molar-refractivity contribution in [3.8, 4) is 6.07 Å². The zero-order chi connectivity index (χ0) is 18.0. The second kappa shape index (κ2) is 7.14. The van der Waals surface area contributed by atoms with Crippen molar-refractivity contribution < 1.29 is 14.0 Å². The predicted molar refractivity (Wildman–Crippen MR) is 96.5 cm³/mol. The Morgan fingerprint density at radius 3 is 2.38 bits per heavy atom. The first-order valence-electron chi connectivity index (χ1n) is 8.41. The largest absolute Gasteiger partial charge is 0.494 e. The fourth-order valence-corrected chi connectivity index (χ4v) is 2.41. The third-order valence-electron chi connectivity index (χ3n) is 4.56. The maximum atomic E-state index is 9.30. The highest BCUT2D eigenvalue weighted by Crippen LogP contribution is 2.36. The Bertz CT molecular complexity index is 607. The molecule has 1 aromatic carbocycles. The molecule has 0 aliphatic carbocycles. The number of hydrogen-bond acceptors (Lipinski definition) is 5. The summed E-state index contributed by atoms with van der Waals surface area (Å²) < 4.78 is 17.7. The summed E-state index contributed by atoms with van der Waals surface area (Å²) in [6.07, 6.45) is 0.193. The van der Waals surface area contributed by atoms with E-state index in [4.69, 9.17) is 14.0 Å². The second-order valence-corrected chi connectivity index (χ2v) is 7.35. The highest BCUT2D eigenvalue weighted by atomic mass is 16.7. The van der Waals surface area contributed by atoms with E-state index < -0.39 is 7.12 Å². The summed E-state index contributed by atoms with van der Waals surface area (Å²) in [6, 6.07) is 7.82. The molecule has 0 aromatic heterocycles. The van der Waals surface area contributed by atoms with Crippen molar-refractivity contribution >= 4 is 18.3 Å². The lowest BCUT2D eigenvalue weighted by Crippen LogP contribution is -2.41. The number of nitriles is 1. The van der Waals surface area contributed by atoms with Gasteiger partial charge in [0.25, 0.3) is 0 Å². The van der Waals surface area contributed by atoms with Crippen molar-refractivity contribution in [3.63, 3.8) is 0 Å². The molecule has 0 amide bonds. The van der Waals surface area contributed by atoms with Gasteiger partial charge >= 0.3 is 7.12 Å². The Labute approximate surface area is 145 Å². The van der Waals surface area contributed by atoms with Crippen LogP contribution in [0, 0.1) is 11.3 Å². The van der Waals surface area contributed by atoms with E-state index in [1.165, 1.54) is 0 Å². The van der Waals surface area contributed by atoms with Crippen molar-refractivity contribution in [2.45, 2.75) is 58.8 Å². The highest BCUT2D eigenvalue weighted by Gasteiger charge is 2.51. The van der Waals surface area contributed by atoms with E-state index in [0.717, 1.165) is 11.2 Å². The lowest BCUT2D eigenvalue weighted by Gasteiger charge is -2.32. The average Bonchev–Trinajstić information content (AvgIpc) is 2.71. The van der Waals surface area contributed by atoms with Crippen LogP contribution in [-0.2, 0) is 14.0 Å². The first-order chi connectivity index (χ1) is 11.2. The second-order valence-electron chi connectivity index (χ2n) is 7.35. The van der Waals surface area contributed by atoms with Crippen molar-refractivity contribution in [1.82, 2.24) is 0 Å². The van der Waals surface area contributed by atoms with Crippen molar-refractivity contribution in [3.05, 3.63) is 23.8 Å². The average molecular weight is 330 g/mol. The quantitative estimate of drug-likeness (QED) is 0.642. The molecule has 2 rings (SSSR count). The van der Waals surface area contributed by atoms with Crippen molar-refractivity contribution in [2.75, 3.05) is 18.5 Å². The van der Waals surface area contributed by atoms with Gasteiger partial charge in [-0.05, 0) is 59.1 Å². The van der Waals surface area contributed by atoms with Crippen LogP contribution in [0.1, 0.15) is 47.1 Å². The van der Waals surface area contributed by atoms with Crippen LogP contribution in [-0.4, -0.2) is 37.6 Å². The van der Waals surface area contributed by atoms with E-state index >= 15 is 0 Å². The van der Waals surface area contributed by atoms with E-state index in [-0.39, 0.29) is 17.3 Å². The predicted octanol–water partition coefficient (Wildman–Crippen LogP) is 2.69. The van der Waals surface area contributed by atoms with E-state index in [9.17, 15) is 5.26 Å². The van der Waals surface area contributed by atoms with Gasteiger partial charge in [-0.2, -0.15) is 5.26 Å². The minimum absolute atomic E-state index is 0.193. The zero-order valence-corrected chi connectivity index (χ0v) is 15.5. The molecule has 24 heavy (non-hydrogen) atoms. The van der Waals surface area contributed by atoms with E-state index in [2.05, 4.69) is 11.4 Å².